The van der Waals surface area contributed by atoms with Crippen molar-refractivity contribution in [2.75, 3.05) is 19.4 Å². The van der Waals surface area contributed by atoms with Crippen LogP contribution in [0.25, 0.3) is 10.7 Å². The van der Waals surface area contributed by atoms with Gasteiger partial charge in [-0.2, -0.15) is 0 Å². The van der Waals surface area contributed by atoms with Crippen LogP contribution in [0.4, 0.5) is 0 Å². The predicted molar refractivity (Wildman–Crippen MR) is 105 cm³/mol. The van der Waals surface area contributed by atoms with E-state index in [4.69, 9.17) is 4.74 Å². The van der Waals surface area contributed by atoms with Crippen LogP contribution < -0.4 is 10.1 Å². The summed E-state index contributed by atoms with van der Waals surface area (Å²) in [6.45, 7) is 0.602. The Hall–Kier alpha value is -2.32. The number of hydrogen-bond acceptors (Lipinski definition) is 6. The summed E-state index contributed by atoms with van der Waals surface area (Å²) >= 11 is 3.01. The number of nitrogens with zero attached hydrogens (tertiary/aromatic N) is 3. The number of ether oxygens (including phenoxy) is 1. The van der Waals surface area contributed by atoms with Crippen molar-refractivity contribution < 1.29 is 9.53 Å². The van der Waals surface area contributed by atoms with Gasteiger partial charge in [-0.15, -0.1) is 21.5 Å². The van der Waals surface area contributed by atoms with E-state index in [0.29, 0.717) is 12.3 Å². The molecule has 0 aliphatic rings. The van der Waals surface area contributed by atoms with Crippen molar-refractivity contribution in [1.29, 1.82) is 0 Å². The van der Waals surface area contributed by atoms with E-state index >= 15 is 0 Å². The fraction of sp³-hybridized carbons (Fsp3) is 0.278. The summed E-state index contributed by atoms with van der Waals surface area (Å²) in [7, 11) is 3.56. The topological polar surface area (TPSA) is 69.0 Å². The molecule has 0 atom stereocenters. The van der Waals surface area contributed by atoms with Gasteiger partial charge in [0.15, 0.2) is 11.0 Å². The average Bonchev–Trinajstić information content (AvgIpc) is 3.30. The molecule has 0 radical (unpaired) electrons. The quantitative estimate of drug-likeness (QED) is 0.601. The van der Waals surface area contributed by atoms with Crippen molar-refractivity contribution in [3.8, 4) is 16.5 Å². The zero-order valence-corrected chi connectivity index (χ0v) is 16.3. The maximum atomic E-state index is 12.0. The van der Waals surface area contributed by atoms with Crippen LogP contribution in [0.15, 0.2) is 46.9 Å². The zero-order valence-electron chi connectivity index (χ0n) is 14.6. The molecule has 136 valence electrons. The van der Waals surface area contributed by atoms with E-state index in [1.807, 2.05) is 53.4 Å². The highest BCUT2D eigenvalue weighted by molar-refractivity contribution is 7.99. The van der Waals surface area contributed by atoms with Gasteiger partial charge in [0.1, 0.15) is 5.75 Å². The van der Waals surface area contributed by atoms with Crippen LogP contribution in [0.1, 0.15) is 5.56 Å². The first-order valence-electron chi connectivity index (χ1n) is 8.13. The third-order valence-corrected chi connectivity index (χ3v) is 5.69. The molecular weight excluding hydrogens is 368 g/mol. The van der Waals surface area contributed by atoms with Gasteiger partial charge in [-0.1, -0.05) is 30.0 Å². The average molecular weight is 389 g/mol. The molecule has 0 saturated carbocycles. The Labute approximate surface area is 160 Å². The van der Waals surface area contributed by atoms with Crippen LogP contribution in [0.2, 0.25) is 0 Å². The number of thioether (sulfide) groups is 1. The molecule has 0 aliphatic carbocycles. The molecule has 2 aromatic heterocycles. The van der Waals surface area contributed by atoms with Crippen LogP contribution >= 0.6 is 23.1 Å². The van der Waals surface area contributed by atoms with E-state index < -0.39 is 0 Å². The normalized spacial score (nSPS) is 10.7. The standard InChI is InChI=1S/C18H20N4O2S2/c1-22-17(15-4-3-11-25-15)20-21-18(22)26-12-16(23)19-10-9-13-5-7-14(24-2)8-6-13/h3-8,11H,9-10,12H2,1-2H3,(H,19,23). The second-order valence-corrected chi connectivity index (χ2v) is 7.47. The van der Waals surface area contributed by atoms with Crippen molar-refractivity contribution in [1.82, 2.24) is 20.1 Å². The fourth-order valence-corrected chi connectivity index (χ4v) is 3.87. The first-order valence-corrected chi connectivity index (χ1v) is 9.99. The van der Waals surface area contributed by atoms with E-state index in [1.165, 1.54) is 11.8 Å². The van der Waals surface area contributed by atoms with Gasteiger partial charge in [0, 0.05) is 13.6 Å². The Morgan fingerprint density at radius 1 is 1.27 bits per heavy atom. The van der Waals surface area contributed by atoms with E-state index in [0.717, 1.165) is 33.6 Å². The van der Waals surface area contributed by atoms with Crippen molar-refractivity contribution in [3.63, 3.8) is 0 Å². The summed E-state index contributed by atoms with van der Waals surface area (Å²) in [5, 5.41) is 14.1. The smallest absolute Gasteiger partial charge is 0.230 e. The Balaban J connectivity index is 1.44. The van der Waals surface area contributed by atoms with Crippen LogP contribution in [0.5, 0.6) is 5.75 Å². The molecule has 0 spiro atoms. The van der Waals surface area contributed by atoms with Crippen LogP contribution in [0.3, 0.4) is 0 Å². The molecule has 0 saturated heterocycles. The van der Waals surface area contributed by atoms with Crippen molar-refractivity contribution in [3.05, 3.63) is 47.3 Å². The van der Waals surface area contributed by atoms with E-state index in [-0.39, 0.29) is 5.91 Å². The molecule has 8 heteroatoms. The van der Waals surface area contributed by atoms with Gasteiger partial charge in [-0.05, 0) is 35.6 Å². The molecule has 1 N–H and O–H groups in total. The Kier molecular flexibility index (Phi) is 6.30. The molecule has 3 rings (SSSR count). The third-order valence-electron chi connectivity index (χ3n) is 3.80. The predicted octanol–water partition coefficient (Wildman–Crippen LogP) is 3.00. The minimum absolute atomic E-state index is 0.0100. The molecule has 1 amide bonds. The molecule has 0 aliphatic heterocycles. The monoisotopic (exact) mass is 388 g/mol. The van der Waals surface area contributed by atoms with Gasteiger partial charge < -0.3 is 14.6 Å². The van der Waals surface area contributed by atoms with Gasteiger partial charge in [-0.25, -0.2) is 0 Å². The molecular formula is C18H20N4O2S2. The summed E-state index contributed by atoms with van der Waals surface area (Å²) < 4.78 is 7.05. The van der Waals surface area contributed by atoms with Gasteiger partial charge in [0.05, 0.1) is 17.7 Å². The molecule has 0 fully saturated rings. The van der Waals surface area contributed by atoms with E-state index in [9.17, 15) is 4.79 Å². The highest BCUT2D eigenvalue weighted by Gasteiger charge is 2.13. The highest BCUT2D eigenvalue weighted by atomic mass is 32.2. The van der Waals surface area contributed by atoms with Crippen LogP contribution in [-0.4, -0.2) is 40.1 Å². The summed E-state index contributed by atoms with van der Waals surface area (Å²) in [6, 6.07) is 11.8. The minimum Gasteiger partial charge on any atom is -0.497 e. The number of rotatable bonds is 8. The number of benzene rings is 1. The number of carbonyl (C=O) groups is 1. The van der Waals surface area contributed by atoms with Crippen molar-refractivity contribution in [2.24, 2.45) is 7.05 Å². The second kappa shape index (κ2) is 8.86. The lowest BCUT2D eigenvalue weighted by Gasteiger charge is -2.06. The van der Waals surface area contributed by atoms with Gasteiger partial charge in [0.2, 0.25) is 5.91 Å². The Morgan fingerprint density at radius 2 is 2.08 bits per heavy atom. The van der Waals surface area contributed by atoms with Crippen LogP contribution in [-0.2, 0) is 18.3 Å². The lowest BCUT2D eigenvalue weighted by molar-refractivity contribution is -0.118. The number of nitrogens with one attached hydrogen (secondary N) is 1. The molecule has 26 heavy (non-hydrogen) atoms. The maximum Gasteiger partial charge on any atom is 0.230 e. The van der Waals surface area contributed by atoms with Crippen LogP contribution in [0, 0.1) is 0 Å². The maximum absolute atomic E-state index is 12.0. The van der Waals surface area contributed by atoms with Gasteiger partial charge in [-0.3, -0.25) is 4.79 Å². The SMILES string of the molecule is COc1ccc(CCNC(=O)CSc2nnc(-c3cccs3)n2C)cc1. The zero-order chi connectivity index (χ0) is 18.4. The highest BCUT2D eigenvalue weighted by Crippen LogP contribution is 2.25. The van der Waals surface area contributed by atoms with Crippen molar-refractivity contribution >= 4 is 29.0 Å². The lowest BCUT2D eigenvalue weighted by atomic mass is 10.1. The molecule has 0 unspecified atom stereocenters. The number of aromatic nitrogens is 3. The lowest BCUT2D eigenvalue weighted by Crippen LogP contribution is -2.27. The second-order valence-electron chi connectivity index (χ2n) is 5.58. The number of amides is 1. The summed E-state index contributed by atoms with van der Waals surface area (Å²) in [6.07, 6.45) is 0.785. The summed E-state index contributed by atoms with van der Waals surface area (Å²) in [5.74, 6) is 1.96. The Bertz CT molecular complexity index is 845. The number of thiophene rings is 1. The summed E-state index contributed by atoms with van der Waals surface area (Å²) in [5.41, 5.74) is 1.16. The molecule has 0 bridgehead atoms. The first kappa shape index (κ1) is 18.5. The van der Waals surface area contributed by atoms with Gasteiger partial charge >= 0.3 is 0 Å². The van der Waals surface area contributed by atoms with Gasteiger partial charge in [0.25, 0.3) is 0 Å². The number of methoxy groups -OCH3 is 1. The van der Waals surface area contributed by atoms with E-state index in [2.05, 4.69) is 15.5 Å². The minimum atomic E-state index is -0.0100. The largest absolute Gasteiger partial charge is 0.497 e. The Morgan fingerprint density at radius 3 is 2.77 bits per heavy atom. The number of carbonyl (C=O) groups excluding carboxylic acids is 1. The molecule has 2 heterocycles. The number of hydrogen-bond donors (Lipinski definition) is 1. The molecule has 3 aromatic rings. The molecule has 1 aromatic carbocycles. The first-order chi connectivity index (χ1) is 12.7. The van der Waals surface area contributed by atoms with Crippen molar-refractivity contribution in [2.45, 2.75) is 11.6 Å². The summed E-state index contributed by atoms with van der Waals surface area (Å²) in [4.78, 5) is 13.1. The molecule has 6 nitrogen and oxygen atoms in total. The third kappa shape index (κ3) is 4.64. The fourth-order valence-electron chi connectivity index (χ4n) is 2.38. The van der Waals surface area contributed by atoms with E-state index in [1.54, 1.807) is 18.4 Å².